The Balaban J connectivity index is 0.000000103. The van der Waals surface area contributed by atoms with Crippen LogP contribution in [0.1, 0.15) is 54.1 Å². The molecule has 3 N–H and O–H groups in total. The van der Waals surface area contributed by atoms with Crippen molar-refractivity contribution in [2.75, 3.05) is 39.3 Å². The van der Waals surface area contributed by atoms with Crippen LogP contribution in [0.4, 0.5) is 0 Å². The molecule has 222 valence electrons. The fourth-order valence-corrected chi connectivity index (χ4v) is 8.22. The van der Waals surface area contributed by atoms with Crippen LogP contribution in [0.5, 0.6) is 0 Å². The molecule has 3 saturated heterocycles. The lowest BCUT2D eigenvalue weighted by Crippen LogP contribution is -2.44. The second-order valence-electron chi connectivity index (χ2n) is 13.1. The van der Waals surface area contributed by atoms with Gasteiger partial charge < -0.3 is 29.7 Å². The standard InChI is InChI=1S/3C11H14N2O/c3*14-11-3-1-2-10-9-4-8(5-12-6-9)7-13(10)11/h3*1-3,8-9,12H,4-7H2/t2*8?,9-;/m00./s1. The first-order chi connectivity index (χ1) is 20.5. The number of nitrogens with zero attached hydrogens (tertiary/aromatic N) is 3. The third kappa shape index (κ3) is 5.45. The van der Waals surface area contributed by atoms with Crippen LogP contribution in [0.15, 0.2) is 69.0 Å². The quantitative estimate of drug-likeness (QED) is 0.380. The van der Waals surface area contributed by atoms with Crippen LogP contribution in [0.3, 0.4) is 0 Å². The molecule has 6 atom stereocenters. The van der Waals surface area contributed by atoms with Gasteiger partial charge in [0.25, 0.3) is 16.7 Å². The molecule has 9 heterocycles. The van der Waals surface area contributed by atoms with Crippen LogP contribution in [0.2, 0.25) is 0 Å². The van der Waals surface area contributed by atoms with Gasteiger partial charge in [0, 0.05) is 92.3 Å². The highest BCUT2D eigenvalue weighted by molar-refractivity contribution is 5.18. The zero-order valence-electron chi connectivity index (χ0n) is 24.2. The van der Waals surface area contributed by atoms with E-state index in [1.165, 1.54) is 36.3 Å². The van der Waals surface area contributed by atoms with Gasteiger partial charge in [-0.15, -0.1) is 0 Å². The molecule has 0 spiro atoms. The van der Waals surface area contributed by atoms with Gasteiger partial charge >= 0.3 is 0 Å². The van der Waals surface area contributed by atoms with Crippen molar-refractivity contribution < 1.29 is 0 Å². The van der Waals surface area contributed by atoms with E-state index in [0.717, 1.165) is 58.9 Å². The third-order valence-electron chi connectivity index (χ3n) is 10.2. The lowest BCUT2D eigenvalue weighted by Gasteiger charge is -2.37. The van der Waals surface area contributed by atoms with Crippen molar-refractivity contribution in [1.82, 2.24) is 29.7 Å². The average molecular weight is 571 g/mol. The van der Waals surface area contributed by atoms with Crippen LogP contribution < -0.4 is 32.6 Å². The van der Waals surface area contributed by atoms with Crippen LogP contribution >= 0.6 is 0 Å². The molecule has 3 fully saturated rings. The summed E-state index contributed by atoms with van der Waals surface area (Å²) in [5.41, 5.74) is 4.17. The molecule has 0 aliphatic carbocycles. The molecule has 9 rings (SSSR count). The van der Waals surface area contributed by atoms with Gasteiger partial charge in [0.1, 0.15) is 0 Å². The average Bonchev–Trinajstić information content (AvgIpc) is 3.00. The summed E-state index contributed by atoms with van der Waals surface area (Å²) in [6.07, 6.45) is 3.74. The summed E-state index contributed by atoms with van der Waals surface area (Å²) < 4.78 is 5.87. The van der Waals surface area contributed by atoms with Gasteiger partial charge in [0.2, 0.25) is 0 Å². The molecule has 42 heavy (non-hydrogen) atoms. The summed E-state index contributed by atoms with van der Waals surface area (Å²) in [5.74, 6) is 3.62. The van der Waals surface area contributed by atoms with Crippen LogP contribution in [-0.2, 0) is 19.6 Å². The van der Waals surface area contributed by atoms with Crippen LogP contribution in [0, 0.1) is 17.8 Å². The minimum Gasteiger partial charge on any atom is -0.316 e. The molecule has 0 amide bonds. The Kier molecular flexibility index (Phi) is 7.73. The monoisotopic (exact) mass is 570 g/mol. The van der Waals surface area contributed by atoms with Crippen LogP contribution in [0.25, 0.3) is 0 Å². The summed E-state index contributed by atoms with van der Waals surface area (Å²) in [6, 6.07) is 16.9. The SMILES string of the molecule is O=c1cccc2n1CC1CNCC2C1.O=c1cccc2n1CC1CNC[C@@H]2C1.O=c1cccc2n1CC1CNC[C@@H]2C1. The summed E-state index contributed by atoms with van der Waals surface area (Å²) in [6.45, 7) is 8.99. The number of aromatic nitrogens is 3. The van der Waals surface area contributed by atoms with E-state index in [2.05, 4.69) is 34.1 Å². The first kappa shape index (κ1) is 27.6. The molecule has 9 heteroatoms. The van der Waals surface area contributed by atoms with Gasteiger partial charge in [-0.1, -0.05) is 18.2 Å². The lowest BCUT2D eigenvalue weighted by molar-refractivity contribution is 0.257. The number of hydrogen-bond donors (Lipinski definition) is 3. The first-order valence-corrected chi connectivity index (χ1v) is 15.7. The van der Waals surface area contributed by atoms with Gasteiger partial charge in [0.05, 0.1) is 0 Å². The Morgan fingerprint density at radius 2 is 0.762 bits per heavy atom. The molecule has 0 saturated carbocycles. The van der Waals surface area contributed by atoms with Gasteiger partial charge in [-0.3, -0.25) is 14.4 Å². The number of piperidine rings is 3. The lowest BCUT2D eigenvalue weighted by atomic mass is 9.84. The Labute approximate surface area is 246 Å². The minimum atomic E-state index is 0.166. The molecule has 3 aromatic rings. The number of nitrogens with one attached hydrogen (secondary N) is 3. The van der Waals surface area contributed by atoms with Crippen molar-refractivity contribution in [3.05, 3.63) is 103 Å². The maximum absolute atomic E-state index is 11.6. The molecule has 6 aliphatic rings. The van der Waals surface area contributed by atoms with E-state index >= 15 is 0 Å². The Morgan fingerprint density at radius 3 is 1.07 bits per heavy atom. The molecular weight excluding hydrogens is 528 g/mol. The highest BCUT2D eigenvalue weighted by Gasteiger charge is 2.32. The molecule has 0 radical (unpaired) electrons. The normalized spacial score (nSPS) is 29.7. The predicted molar refractivity (Wildman–Crippen MR) is 163 cm³/mol. The zero-order valence-corrected chi connectivity index (χ0v) is 24.2. The van der Waals surface area contributed by atoms with Crippen molar-refractivity contribution in [3.63, 3.8) is 0 Å². The number of hydrogen-bond acceptors (Lipinski definition) is 6. The van der Waals surface area contributed by atoms with Gasteiger partial charge in [-0.2, -0.15) is 0 Å². The maximum atomic E-state index is 11.6. The molecule has 9 nitrogen and oxygen atoms in total. The van der Waals surface area contributed by atoms with Crippen molar-refractivity contribution in [3.8, 4) is 0 Å². The highest BCUT2D eigenvalue weighted by atomic mass is 16.1. The number of rotatable bonds is 0. The van der Waals surface area contributed by atoms with E-state index < -0.39 is 0 Å². The Hall–Kier alpha value is -3.27. The molecule has 3 aromatic heterocycles. The Bertz CT molecular complexity index is 1420. The number of fused-ring (bicyclic) bond motifs is 12. The zero-order chi connectivity index (χ0) is 28.6. The summed E-state index contributed by atoms with van der Waals surface area (Å²) in [5, 5.41) is 10.3. The summed E-state index contributed by atoms with van der Waals surface area (Å²) >= 11 is 0. The fraction of sp³-hybridized carbons (Fsp3) is 0.545. The predicted octanol–water partition coefficient (Wildman–Crippen LogP) is 1.67. The van der Waals surface area contributed by atoms with Crippen molar-refractivity contribution in [1.29, 1.82) is 0 Å². The largest absolute Gasteiger partial charge is 0.316 e. The minimum absolute atomic E-state index is 0.166. The second kappa shape index (κ2) is 11.8. The van der Waals surface area contributed by atoms with Gasteiger partial charge in [0.15, 0.2) is 0 Å². The smallest absolute Gasteiger partial charge is 0.250 e. The van der Waals surface area contributed by atoms with E-state index in [-0.39, 0.29) is 16.7 Å². The molecule has 0 aromatic carbocycles. The summed E-state index contributed by atoms with van der Waals surface area (Å²) in [7, 11) is 0. The first-order valence-electron chi connectivity index (χ1n) is 15.7. The van der Waals surface area contributed by atoms with E-state index in [0.29, 0.717) is 35.5 Å². The third-order valence-corrected chi connectivity index (χ3v) is 10.2. The van der Waals surface area contributed by atoms with Gasteiger partial charge in [-0.25, -0.2) is 0 Å². The van der Waals surface area contributed by atoms with E-state index in [9.17, 15) is 14.4 Å². The maximum Gasteiger partial charge on any atom is 0.250 e. The molecule has 4 unspecified atom stereocenters. The highest BCUT2D eigenvalue weighted by Crippen LogP contribution is 2.33. The van der Waals surface area contributed by atoms with E-state index in [1.807, 2.05) is 31.9 Å². The van der Waals surface area contributed by atoms with Crippen molar-refractivity contribution in [2.45, 2.75) is 56.7 Å². The Morgan fingerprint density at radius 1 is 0.452 bits per heavy atom. The molecular formula is C33H42N6O3. The molecule has 6 aliphatic heterocycles. The van der Waals surface area contributed by atoms with Crippen molar-refractivity contribution >= 4 is 0 Å². The summed E-state index contributed by atoms with van der Waals surface area (Å²) in [4.78, 5) is 34.9. The number of pyridine rings is 3. The molecule has 6 bridgehead atoms. The van der Waals surface area contributed by atoms with E-state index in [4.69, 9.17) is 0 Å². The van der Waals surface area contributed by atoms with Crippen LogP contribution in [-0.4, -0.2) is 53.0 Å². The topological polar surface area (TPSA) is 102 Å². The fourth-order valence-electron chi connectivity index (χ4n) is 8.22. The second-order valence-corrected chi connectivity index (χ2v) is 13.1. The van der Waals surface area contributed by atoms with E-state index in [1.54, 1.807) is 18.2 Å². The van der Waals surface area contributed by atoms with Crippen molar-refractivity contribution in [2.24, 2.45) is 17.8 Å². The van der Waals surface area contributed by atoms with Gasteiger partial charge in [-0.05, 0) is 74.8 Å².